The normalized spacial score (nSPS) is 12.2. The highest BCUT2D eigenvalue weighted by atomic mass is 19.1. The number of benzene rings is 1. The first-order valence-corrected chi connectivity index (χ1v) is 9.12. The Bertz CT molecular complexity index is 871. The third kappa shape index (κ3) is 5.14. The summed E-state index contributed by atoms with van der Waals surface area (Å²) in [4.78, 5) is 8.77. The van der Waals surface area contributed by atoms with Gasteiger partial charge in [-0.3, -0.25) is 0 Å². The number of nitrogens with two attached hydrogens (primary N) is 1. The van der Waals surface area contributed by atoms with Gasteiger partial charge in [0.15, 0.2) is 6.10 Å². The van der Waals surface area contributed by atoms with Crippen molar-refractivity contribution in [3.63, 3.8) is 0 Å². The molecule has 0 spiro atoms. The topological polar surface area (TPSA) is 70.3 Å². The SMILES string of the molecule is CCCCOCC(CF)Oc1ccc2ccc(-c3ccc(N)nc3)nc2c1. The Morgan fingerprint density at radius 1 is 1.15 bits per heavy atom. The zero-order valence-corrected chi connectivity index (χ0v) is 15.4. The molecule has 0 saturated heterocycles. The second-order valence-electron chi connectivity index (χ2n) is 6.35. The average molecular weight is 369 g/mol. The molecule has 0 fully saturated rings. The van der Waals surface area contributed by atoms with Crippen LogP contribution >= 0.6 is 0 Å². The summed E-state index contributed by atoms with van der Waals surface area (Å²) in [6, 6.07) is 13.1. The molecule has 5 nitrogen and oxygen atoms in total. The number of fused-ring (bicyclic) bond motifs is 1. The lowest BCUT2D eigenvalue weighted by Gasteiger charge is -2.16. The molecule has 1 atom stereocenters. The van der Waals surface area contributed by atoms with Crippen LogP contribution in [0.25, 0.3) is 22.2 Å². The van der Waals surface area contributed by atoms with Gasteiger partial charge in [-0.2, -0.15) is 0 Å². The molecule has 1 unspecified atom stereocenters. The molecule has 2 N–H and O–H groups in total. The van der Waals surface area contributed by atoms with Crippen molar-refractivity contribution in [2.24, 2.45) is 0 Å². The van der Waals surface area contributed by atoms with E-state index in [-0.39, 0.29) is 6.61 Å². The molecule has 0 saturated carbocycles. The Balaban J connectivity index is 1.75. The Labute approximate surface area is 158 Å². The zero-order chi connectivity index (χ0) is 19.1. The highest BCUT2D eigenvalue weighted by molar-refractivity contribution is 5.82. The smallest absolute Gasteiger partial charge is 0.150 e. The molecule has 0 bridgehead atoms. The maximum Gasteiger partial charge on any atom is 0.150 e. The van der Waals surface area contributed by atoms with Gasteiger partial charge in [0.1, 0.15) is 18.2 Å². The number of ether oxygens (including phenoxy) is 2. The van der Waals surface area contributed by atoms with Crippen molar-refractivity contribution in [3.8, 4) is 17.0 Å². The molecule has 0 aliphatic heterocycles. The standard InChI is InChI=1S/C21H24FN3O2/c1-2-3-10-26-14-18(12-22)27-17-7-4-15-5-8-19(25-20(15)11-17)16-6-9-21(23)24-13-16/h4-9,11,13,18H,2-3,10,12,14H2,1H3,(H2,23,24). The first-order chi connectivity index (χ1) is 13.2. The second-order valence-corrected chi connectivity index (χ2v) is 6.35. The maximum atomic E-state index is 13.2. The lowest BCUT2D eigenvalue weighted by molar-refractivity contribution is 0.0367. The van der Waals surface area contributed by atoms with E-state index in [1.165, 1.54) is 0 Å². The minimum absolute atomic E-state index is 0.235. The lowest BCUT2D eigenvalue weighted by Crippen LogP contribution is -2.25. The van der Waals surface area contributed by atoms with Crippen LogP contribution < -0.4 is 10.5 Å². The highest BCUT2D eigenvalue weighted by Crippen LogP contribution is 2.24. The first-order valence-electron chi connectivity index (χ1n) is 9.12. The van der Waals surface area contributed by atoms with Crippen LogP contribution in [0.15, 0.2) is 48.7 Å². The number of nitrogen functional groups attached to an aromatic ring is 1. The van der Waals surface area contributed by atoms with Crippen LogP contribution in [0.2, 0.25) is 0 Å². The Hall–Kier alpha value is -2.73. The van der Waals surface area contributed by atoms with Gasteiger partial charge >= 0.3 is 0 Å². The fourth-order valence-electron chi connectivity index (χ4n) is 2.65. The van der Waals surface area contributed by atoms with Gasteiger partial charge in [0, 0.05) is 29.8 Å². The van der Waals surface area contributed by atoms with Crippen molar-refractivity contribution in [3.05, 3.63) is 48.7 Å². The highest BCUT2D eigenvalue weighted by Gasteiger charge is 2.12. The van der Waals surface area contributed by atoms with Crippen molar-refractivity contribution in [1.82, 2.24) is 9.97 Å². The minimum Gasteiger partial charge on any atom is -0.485 e. The first kappa shape index (κ1) is 19.0. The molecule has 3 rings (SSSR count). The summed E-state index contributed by atoms with van der Waals surface area (Å²) >= 11 is 0. The van der Waals surface area contributed by atoms with Crippen LogP contribution in [-0.4, -0.2) is 36.0 Å². The Kier molecular flexibility index (Phi) is 6.54. The number of unbranched alkanes of at least 4 members (excludes halogenated alkanes) is 1. The number of alkyl halides is 1. The summed E-state index contributed by atoms with van der Waals surface area (Å²) in [5.41, 5.74) is 8.07. The van der Waals surface area contributed by atoms with Gasteiger partial charge in [0.25, 0.3) is 0 Å². The van der Waals surface area contributed by atoms with Gasteiger partial charge in [-0.25, -0.2) is 14.4 Å². The number of halogens is 1. The van der Waals surface area contributed by atoms with E-state index in [0.29, 0.717) is 18.2 Å². The molecular formula is C21H24FN3O2. The minimum atomic E-state index is -0.621. The third-order valence-electron chi connectivity index (χ3n) is 4.17. The molecule has 0 aliphatic rings. The van der Waals surface area contributed by atoms with Gasteiger partial charge in [-0.05, 0) is 36.8 Å². The van der Waals surface area contributed by atoms with E-state index < -0.39 is 12.8 Å². The van der Waals surface area contributed by atoms with E-state index in [1.54, 1.807) is 12.3 Å². The number of pyridine rings is 2. The largest absolute Gasteiger partial charge is 0.485 e. The number of hydrogen-bond donors (Lipinski definition) is 1. The average Bonchev–Trinajstić information content (AvgIpc) is 2.70. The van der Waals surface area contributed by atoms with Gasteiger partial charge < -0.3 is 15.2 Å². The molecule has 2 heterocycles. The van der Waals surface area contributed by atoms with Crippen LogP contribution in [0.1, 0.15) is 19.8 Å². The van der Waals surface area contributed by atoms with E-state index in [2.05, 4.69) is 16.9 Å². The van der Waals surface area contributed by atoms with Crippen LogP contribution in [0.5, 0.6) is 5.75 Å². The van der Waals surface area contributed by atoms with Crippen LogP contribution in [-0.2, 0) is 4.74 Å². The second kappa shape index (κ2) is 9.28. The summed E-state index contributed by atoms with van der Waals surface area (Å²) in [5, 5.41) is 0.977. The van der Waals surface area contributed by atoms with Gasteiger partial charge in [0.2, 0.25) is 0 Å². The molecule has 3 aromatic rings. The van der Waals surface area contributed by atoms with Crippen molar-refractivity contribution < 1.29 is 13.9 Å². The number of hydrogen-bond acceptors (Lipinski definition) is 5. The van der Waals surface area contributed by atoms with Crippen LogP contribution in [0.3, 0.4) is 0 Å². The van der Waals surface area contributed by atoms with Crippen molar-refractivity contribution in [1.29, 1.82) is 0 Å². The van der Waals surface area contributed by atoms with Crippen molar-refractivity contribution in [2.45, 2.75) is 25.9 Å². The number of anilines is 1. The molecule has 27 heavy (non-hydrogen) atoms. The summed E-state index contributed by atoms with van der Waals surface area (Å²) in [5.74, 6) is 1.04. The summed E-state index contributed by atoms with van der Waals surface area (Å²) in [7, 11) is 0. The van der Waals surface area contributed by atoms with E-state index >= 15 is 0 Å². The van der Waals surface area contributed by atoms with Crippen LogP contribution in [0, 0.1) is 0 Å². The summed E-state index contributed by atoms with van der Waals surface area (Å²) in [6.07, 6.45) is 3.07. The van der Waals surface area contributed by atoms with E-state index in [0.717, 1.165) is 35.0 Å². The van der Waals surface area contributed by atoms with E-state index in [9.17, 15) is 4.39 Å². The molecule has 0 radical (unpaired) electrons. The van der Waals surface area contributed by atoms with Crippen molar-refractivity contribution >= 4 is 16.7 Å². The molecule has 0 aliphatic carbocycles. The monoisotopic (exact) mass is 369 g/mol. The lowest BCUT2D eigenvalue weighted by atomic mass is 10.1. The van der Waals surface area contributed by atoms with Crippen molar-refractivity contribution in [2.75, 3.05) is 25.6 Å². The molecule has 0 amide bonds. The van der Waals surface area contributed by atoms with Gasteiger partial charge in [-0.1, -0.05) is 19.4 Å². The summed E-state index contributed by atoms with van der Waals surface area (Å²) < 4.78 is 24.5. The molecule has 6 heteroatoms. The predicted octanol–water partition coefficient (Wildman–Crippen LogP) is 4.41. The number of nitrogens with zero attached hydrogens (tertiary/aromatic N) is 2. The fraction of sp³-hybridized carbons (Fsp3) is 0.333. The molecule has 142 valence electrons. The predicted molar refractivity (Wildman–Crippen MR) is 106 cm³/mol. The molecule has 1 aromatic carbocycles. The van der Waals surface area contributed by atoms with Crippen LogP contribution in [0.4, 0.5) is 10.2 Å². The van der Waals surface area contributed by atoms with E-state index in [4.69, 9.17) is 15.2 Å². The Morgan fingerprint density at radius 2 is 2.00 bits per heavy atom. The maximum absolute atomic E-state index is 13.2. The quantitative estimate of drug-likeness (QED) is 0.566. The third-order valence-corrected chi connectivity index (χ3v) is 4.17. The van der Waals surface area contributed by atoms with E-state index in [1.807, 2.05) is 36.4 Å². The zero-order valence-electron chi connectivity index (χ0n) is 15.4. The number of aromatic nitrogens is 2. The number of rotatable bonds is 9. The Morgan fingerprint density at radius 3 is 2.74 bits per heavy atom. The van der Waals surface area contributed by atoms with Gasteiger partial charge in [-0.15, -0.1) is 0 Å². The van der Waals surface area contributed by atoms with Gasteiger partial charge in [0.05, 0.1) is 17.8 Å². The summed E-state index contributed by atoms with van der Waals surface area (Å²) in [6.45, 7) is 2.34. The molecular weight excluding hydrogens is 345 g/mol. The molecule has 2 aromatic heterocycles. The fourth-order valence-corrected chi connectivity index (χ4v) is 2.65.